The quantitative estimate of drug-likeness (QED) is 0.0978. The molecule has 0 aliphatic rings. The predicted octanol–water partition coefficient (Wildman–Crippen LogP) is -35.6. The topological polar surface area (TPSA) is 13.1 Å². The molecule has 1 heterocycles. The third kappa shape index (κ3) is 6.85. The fourth-order valence-electron chi connectivity index (χ4n) is 15.0. The van der Waals surface area contributed by atoms with Gasteiger partial charge in [0.15, 0.2) is 0 Å². The molecule has 0 spiro atoms. The van der Waals surface area contributed by atoms with Gasteiger partial charge in [-0.25, -0.2) is 0 Å². The molecular weight excluding hydrogens is 871 g/mol. The monoisotopic (exact) mass is 933 g/mol. The smallest absolute Gasteiger partial charge is 0.143 e. The average molecular weight is 928 g/mol. The molecule has 0 saturated carbocycles. The fraction of sp³-hybridized carbons (Fsp3) is 0. The zero-order chi connectivity index (χ0) is 55.3. The fourth-order valence-corrected chi connectivity index (χ4v) is 15.0. The molecule has 0 unspecified atom stereocenters. The number of furan rings is 1. The maximum absolute atomic E-state index is 7.31. The van der Waals surface area contributed by atoms with Gasteiger partial charge in [-0.3, -0.25) is 0 Å². The number of hydrogen-bond donors (Lipinski definition) is 0. The van der Waals surface area contributed by atoms with Crippen LogP contribution in [0.3, 0.4) is 0 Å². The van der Waals surface area contributed by atoms with Crippen molar-refractivity contribution < 1.29 is 4.42 Å². The molecule has 0 aliphatic heterocycles. The van der Waals surface area contributed by atoms with Crippen LogP contribution in [0.15, 0.2) is 4.42 Å². The number of fused-ring (bicyclic) bond motifs is 8. The van der Waals surface area contributed by atoms with Crippen molar-refractivity contribution in [2.75, 3.05) is 0 Å². The van der Waals surface area contributed by atoms with E-state index in [1.165, 1.54) is 240 Å². The Labute approximate surface area is 472 Å². The maximum Gasteiger partial charge on any atom is 0.143 e. The van der Waals surface area contributed by atoms with E-state index in [1.807, 2.05) is 0 Å². The van der Waals surface area contributed by atoms with Crippen LogP contribution in [0.1, 0.15) is 0 Å². The first-order valence-corrected chi connectivity index (χ1v) is 27.9. The standard InChI is InChI=1S/C46H56B28O/c47-17-3(8-9(23(53)39(69)38(68)22(8)52)10-12(17)29(59)41(71)40(70)24(10)54)1-4-6(20(50)36(66)34(64)18(4)48)2(7-5(1)19(49)35(65)37(67)21(7)51)11-25(55)27(57)13(28(58)26(11)56)14-30(60)33(63)31(61)15-16-32(62)42(72)43(73)44(74)46(16)75-45(14)15/h47-74H2. The Kier molecular flexibility index (Phi) is 13.0. The van der Waals surface area contributed by atoms with Crippen molar-refractivity contribution in [3.05, 3.63) is 0 Å². The molecule has 29 heteroatoms. The second kappa shape index (κ2) is 18.1. The van der Waals surface area contributed by atoms with Gasteiger partial charge >= 0.3 is 0 Å². The molecule has 9 aromatic carbocycles. The first-order chi connectivity index (χ1) is 35.0. The van der Waals surface area contributed by atoms with Gasteiger partial charge in [0.2, 0.25) is 0 Å². The highest BCUT2D eigenvalue weighted by Crippen LogP contribution is 2.42. The van der Waals surface area contributed by atoms with Crippen LogP contribution < -0.4 is 153 Å². The van der Waals surface area contributed by atoms with E-state index in [0.29, 0.717) is 0 Å². The molecule has 0 saturated heterocycles. The Balaban J connectivity index is 1.49. The lowest BCUT2D eigenvalue weighted by Gasteiger charge is -2.33. The molecule has 1 nitrogen and oxygen atoms in total. The summed E-state index contributed by atoms with van der Waals surface area (Å²) in [4.78, 5) is 0. The molecule has 75 heavy (non-hydrogen) atoms. The summed E-state index contributed by atoms with van der Waals surface area (Å²) < 4.78 is 7.31. The number of rotatable bonds is 3. The highest BCUT2D eigenvalue weighted by Gasteiger charge is 2.32. The van der Waals surface area contributed by atoms with Gasteiger partial charge in [0.25, 0.3) is 0 Å². The van der Waals surface area contributed by atoms with E-state index in [0.717, 1.165) is 11.2 Å². The van der Waals surface area contributed by atoms with Crippen LogP contribution in [0.2, 0.25) is 0 Å². The van der Waals surface area contributed by atoms with Crippen LogP contribution in [0, 0.1) is 0 Å². The molecule has 0 aliphatic carbocycles. The first-order valence-electron chi connectivity index (χ1n) is 27.9. The highest BCUT2D eigenvalue weighted by molar-refractivity contribution is 6.78. The largest absolute Gasteiger partial charge is 0.456 e. The average Bonchev–Trinajstić information content (AvgIpc) is 3.84. The summed E-state index contributed by atoms with van der Waals surface area (Å²) in [6.45, 7) is 0. The molecule has 0 atom stereocenters. The van der Waals surface area contributed by atoms with Gasteiger partial charge in [-0.15, -0.1) is 49.2 Å². The van der Waals surface area contributed by atoms with Crippen LogP contribution in [0.4, 0.5) is 0 Å². The van der Waals surface area contributed by atoms with Crippen LogP contribution in [0.25, 0.3) is 98.4 Å². The van der Waals surface area contributed by atoms with Crippen molar-refractivity contribution in [1.82, 2.24) is 0 Å². The Morgan fingerprint density at radius 3 is 0.693 bits per heavy atom. The van der Waals surface area contributed by atoms with Crippen molar-refractivity contribution >= 4 is 438 Å². The van der Waals surface area contributed by atoms with E-state index in [4.69, 9.17) is 4.42 Å². The van der Waals surface area contributed by atoms with Gasteiger partial charge in [-0.2, -0.15) is 0 Å². The van der Waals surface area contributed by atoms with Crippen LogP contribution in [-0.2, 0) is 0 Å². The lowest BCUT2D eigenvalue weighted by Crippen LogP contribution is -2.52. The molecule has 10 aromatic rings. The van der Waals surface area contributed by atoms with Gasteiger partial charge in [0, 0.05) is 16.3 Å². The summed E-state index contributed by atoms with van der Waals surface area (Å²) >= 11 is 0. The van der Waals surface area contributed by atoms with Gasteiger partial charge < -0.3 is 4.42 Å². The molecule has 1 aromatic heterocycles. The molecule has 330 valence electrons. The summed E-state index contributed by atoms with van der Waals surface area (Å²) in [5, 5.41) is 13.9. The lowest BCUT2D eigenvalue weighted by molar-refractivity contribution is 0.673. The van der Waals surface area contributed by atoms with E-state index in [-0.39, 0.29) is 0 Å². The van der Waals surface area contributed by atoms with E-state index >= 15 is 0 Å². The normalized spacial score (nSPS) is 11.9. The van der Waals surface area contributed by atoms with Crippen molar-refractivity contribution in [3.63, 3.8) is 0 Å². The Bertz CT molecular complexity index is 4330. The van der Waals surface area contributed by atoms with Gasteiger partial charge in [0.1, 0.15) is 231 Å². The van der Waals surface area contributed by atoms with Crippen LogP contribution in [-0.4, -0.2) is 220 Å². The molecular formula is C46H56B28O. The van der Waals surface area contributed by atoms with E-state index in [9.17, 15) is 0 Å². The summed E-state index contributed by atoms with van der Waals surface area (Å²) in [5.74, 6) is 0. The Morgan fingerprint density at radius 2 is 0.333 bits per heavy atom. The SMILES string of the molecule is Bc1c(B)c(-c2c3c(B)c(B)c(B)c(B)c3c(-c3c(B)c4c(B)c(B)c(B)c(B)c4c4c(B)c(B)c(B)c(B)c34)c3c(B)c(B)c(B)c(B)c23)c(B)c(B)c1-c1c(B)c(B)c(B)c2c1oc1c(B)c(B)c(B)c(B)c12. The summed E-state index contributed by atoms with van der Waals surface area (Å²) in [5.41, 5.74) is 48.5. The van der Waals surface area contributed by atoms with Gasteiger partial charge in [0.05, 0.1) is 0 Å². The molecule has 0 fully saturated rings. The van der Waals surface area contributed by atoms with E-state index in [2.05, 4.69) is 220 Å². The van der Waals surface area contributed by atoms with Crippen molar-refractivity contribution in [1.29, 1.82) is 0 Å². The summed E-state index contributed by atoms with van der Waals surface area (Å²) in [6, 6.07) is 0. The molecule has 0 amide bonds. The van der Waals surface area contributed by atoms with E-state index < -0.39 is 0 Å². The highest BCUT2D eigenvalue weighted by atomic mass is 16.3. The Hall–Kier alpha value is -4.36. The Morgan fingerprint density at radius 1 is 0.120 bits per heavy atom. The third-order valence-electron chi connectivity index (χ3n) is 21.8. The lowest BCUT2D eigenvalue weighted by atomic mass is 9.55. The third-order valence-corrected chi connectivity index (χ3v) is 21.8. The second-order valence-corrected chi connectivity index (χ2v) is 24.3. The minimum absolute atomic E-state index is 1.03. The number of benzene rings is 9. The zero-order valence-electron chi connectivity index (χ0n) is 51.4. The summed E-state index contributed by atoms with van der Waals surface area (Å²) in [6.07, 6.45) is 0. The first kappa shape index (κ1) is 54.0. The van der Waals surface area contributed by atoms with Crippen LogP contribution >= 0.6 is 0 Å². The number of hydrogen-bond acceptors (Lipinski definition) is 1. The van der Waals surface area contributed by atoms with E-state index in [1.54, 1.807) is 0 Å². The molecule has 0 N–H and O–H groups in total. The molecule has 0 radical (unpaired) electrons. The van der Waals surface area contributed by atoms with Crippen LogP contribution in [0.5, 0.6) is 0 Å². The maximum atomic E-state index is 7.31. The van der Waals surface area contributed by atoms with Gasteiger partial charge in [-0.1, -0.05) is 104 Å². The van der Waals surface area contributed by atoms with Crippen molar-refractivity contribution in [2.45, 2.75) is 0 Å². The van der Waals surface area contributed by atoms with Crippen molar-refractivity contribution in [3.8, 4) is 33.4 Å². The van der Waals surface area contributed by atoms with Gasteiger partial charge in [-0.05, 0) is 70.9 Å². The zero-order valence-corrected chi connectivity index (χ0v) is 51.4. The van der Waals surface area contributed by atoms with Crippen molar-refractivity contribution in [2.24, 2.45) is 0 Å². The minimum Gasteiger partial charge on any atom is -0.456 e. The molecule has 0 bridgehead atoms. The predicted molar refractivity (Wildman–Crippen MR) is 429 cm³/mol. The molecule has 10 rings (SSSR count). The summed E-state index contributed by atoms with van der Waals surface area (Å²) in [7, 11) is 66.5. The second-order valence-electron chi connectivity index (χ2n) is 24.3. The minimum atomic E-state index is 1.03.